The van der Waals surface area contributed by atoms with Crippen molar-refractivity contribution in [3.63, 3.8) is 0 Å². The SMILES string of the molecule is Cn1cc(C(=O)Nc2cc(Cl)c(CC(=O)C(OC3CCC(C(=O)O)CC3)(N3CCCC3)N3CCC[C@H]3C(F)(F)F)cc2Cl)c2ccccc21. The summed E-state index contributed by atoms with van der Waals surface area (Å²) in [6.07, 6.45) is -1.21. The van der Waals surface area contributed by atoms with E-state index < -0.39 is 47.7 Å². The van der Waals surface area contributed by atoms with E-state index in [2.05, 4.69) is 5.32 Å². The van der Waals surface area contributed by atoms with E-state index >= 15 is 0 Å². The molecule has 3 aromatic rings. The van der Waals surface area contributed by atoms with Crippen LogP contribution in [0.3, 0.4) is 0 Å². The van der Waals surface area contributed by atoms with Crippen LogP contribution < -0.4 is 5.32 Å². The molecule has 1 saturated carbocycles. The molecule has 49 heavy (non-hydrogen) atoms. The van der Waals surface area contributed by atoms with Gasteiger partial charge >= 0.3 is 12.1 Å². The summed E-state index contributed by atoms with van der Waals surface area (Å²) in [4.78, 5) is 42.6. The number of ketones is 1. The number of likely N-dealkylation sites (tertiary alicyclic amines) is 2. The number of anilines is 1. The van der Waals surface area contributed by atoms with Crippen LogP contribution in [0.2, 0.25) is 10.0 Å². The summed E-state index contributed by atoms with van der Waals surface area (Å²) in [5, 5.41) is 13.3. The second-order valence-electron chi connectivity index (χ2n) is 13.3. The predicted molar refractivity (Wildman–Crippen MR) is 180 cm³/mol. The molecule has 14 heteroatoms. The summed E-state index contributed by atoms with van der Waals surface area (Å²) in [7, 11) is 1.83. The summed E-state index contributed by atoms with van der Waals surface area (Å²) in [6.45, 7) is 0.736. The minimum atomic E-state index is -4.60. The molecule has 2 aliphatic heterocycles. The highest BCUT2D eigenvalue weighted by atomic mass is 35.5. The number of nitrogens with zero attached hydrogens (tertiary/aromatic N) is 3. The number of ether oxygens (including phenoxy) is 1. The zero-order valence-corrected chi connectivity index (χ0v) is 28.6. The summed E-state index contributed by atoms with van der Waals surface area (Å²) < 4.78 is 52.1. The number of amides is 1. The number of aliphatic carboxylic acids is 1. The van der Waals surface area contributed by atoms with Gasteiger partial charge in [0.05, 0.1) is 28.3 Å². The number of fused-ring (bicyclic) bond motifs is 1. The summed E-state index contributed by atoms with van der Waals surface area (Å²) >= 11 is 13.4. The molecule has 1 aliphatic carbocycles. The average Bonchev–Trinajstić information content (AvgIpc) is 3.84. The van der Waals surface area contributed by atoms with Crippen molar-refractivity contribution in [1.29, 1.82) is 0 Å². The van der Waals surface area contributed by atoms with Gasteiger partial charge in [-0.25, -0.2) is 4.90 Å². The fourth-order valence-electron chi connectivity index (χ4n) is 7.70. The van der Waals surface area contributed by atoms with Crippen LogP contribution in [0, 0.1) is 5.92 Å². The number of carbonyl (C=O) groups is 3. The monoisotopic (exact) mass is 722 g/mol. The van der Waals surface area contributed by atoms with Crippen molar-refractivity contribution in [3.8, 4) is 0 Å². The van der Waals surface area contributed by atoms with Crippen LogP contribution in [-0.4, -0.2) is 80.9 Å². The Morgan fingerprint density at radius 3 is 2.33 bits per heavy atom. The number of hydrogen-bond acceptors (Lipinski definition) is 6. The lowest BCUT2D eigenvalue weighted by molar-refractivity contribution is -0.286. The molecular weight excluding hydrogens is 684 g/mol. The van der Waals surface area contributed by atoms with Crippen LogP contribution >= 0.6 is 23.2 Å². The number of alkyl halides is 3. The van der Waals surface area contributed by atoms with E-state index in [1.165, 1.54) is 17.0 Å². The number of aryl methyl sites for hydroxylation is 1. The Balaban J connectivity index is 1.31. The van der Waals surface area contributed by atoms with E-state index in [-0.39, 0.29) is 47.1 Å². The molecule has 9 nitrogen and oxygen atoms in total. The van der Waals surface area contributed by atoms with Crippen molar-refractivity contribution in [3.05, 3.63) is 63.8 Å². The topological polar surface area (TPSA) is 104 Å². The Hall–Kier alpha value is -3.16. The highest BCUT2D eigenvalue weighted by Gasteiger charge is 2.60. The Labute approximate surface area is 292 Å². The van der Waals surface area contributed by atoms with Crippen molar-refractivity contribution < 1.29 is 37.4 Å². The van der Waals surface area contributed by atoms with E-state index in [4.69, 9.17) is 27.9 Å². The van der Waals surface area contributed by atoms with Crippen LogP contribution in [0.1, 0.15) is 67.3 Å². The van der Waals surface area contributed by atoms with Gasteiger partial charge in [0.1, 0.15) is 6.04 Å². The van der Waals surface area contributed by atoms with Gasteiger partial charge in [0.15, 0.2) is 5.78 Å². The number of carboxylic acid groups (broad SMARTS) is 1. The number of Topliss-reactive ketones (excluding diaryl/α,β-unsaturated/α-hetero) is 1. The molecule has 3 aliphatic rings. The smallest absolute Gasteiger partial charge is 0.404 e. The lowest BCUT2D eigenvalue weighted by atomic mass is 9.87. The van der Waals surface area contributed by atoms with Crippen LogP contribution in [0.4, 0.5) is 18.9 Å². The number of carboxylic acids is 1. The lowest BCUT2D eigenvalue weighted by Gasteiger charge is -2.50. The van der Waals surface area contributed by atoms with Crippen LogP contribution in [-0.2, 0) is 27.8 Å². The zero-order chi connectivity index (χ0) is 35.1. The normalized spacial score (nSPS) is 23.5. The first-order valence-electron chi connectivity index (χ1n) is 16.7. The molecule has 1 aromatic heterocycles. The van der Waals surface area contributed by atoms with Crippen LogP contribution in [0.15, 0.2) is 42.6 Å². The molecular formula is C35H39Cl2F3N4O5. The fraction of sp³-hybridized carbons (Fsp3) is 0.514. The Kier molecular flexibility index (Phi) is 10.4. The zero-order valence-electron chi connectivity index (χ0n) is 27.1. The van der Waals surface area contributed by atoms with Gasteiger partial charge in [-0.05, 0) is 75.1 Å². The molecule has 2 saturated heterocycles. The van der Waals surface area contributed by atoms with Crippen LogP contribution in [0.25, 0.3) is 10.9 Å². The second kappa shape index (κ2) is 14.2. The van der Waals surface area contributed by atoms with E-state index in [1.807, 2.05) is 35.9 Å². The maximum absolute atomic E-state index is 14.7. The van der Waals surface area contributed by atoms with Gasteiger partial charge in [-0.15, -0.1) is 0 Å². The van der Waals surface area contributed by atoms with Gasteiger partial charge in [-0.2, -0.15) is 13.2 Å². The van der Waals surface area contributed by atoms with Gasteiger partial charge in [-0.3, -0.25) is 19.3 Å². The standard InChI is InChI=1S/C35H39Cl2F3N4O5/c1-42-20-25(24-7-2-3-8-29(24)42)32(46)41-28-19-26(36)22(17-27(28)37)18-31(45)35(43-14-4-5-15-43,44-16-6-9-30(44)34(38,39)40)49-23-12-10-21(11-13-23)33(47)48/h2-3,7-8,17,19-21,23,30H,4-6,9-16,18H2,1H3,(H,41,46)(H,47,48)/t21?,23?,30-,35?/m0/s1. The number of carbonyl (C=O) groups excluding carboxylic acids is 2. The first-order valence-corrected chi connectivity index (χ1v) is 17.4. The van der Waals surface area contributed by atoms with E-state index in [0.717, 1.165) is 10.9 Å². The quantitative estimate of drug-likeness (QED) is 0.227. The largest absolute Gasteiger partial charge is 0.481 e. The third-order valence-electron chi connectivity index (χ3n) is 10.1. The van der Waals surface area contributed by atoms with Crippen molar-refractivity contribution in [1.82, 2.24) is 14.4 Å². The first kappa shape index (κ1) is 35.7. The Bertz CT molecular complexity index is 1740. The average molecular weight is 724 g/mol. The van der Waals surface area contributed by atoms with Crippen molar-refractivity contribution in [2.45, 2.75) is 82.0 Å². The van der Waals surface area contributed by atoms with Gasteiger partial charge in [-0.1, -0.05) is 41.4 Å². The molecule has 3 fully saturated rings. The molecule has 2 N–H and O–H groups in total. The fourth-order valence-corrected chi connectivity index (χ4v) is 8.16. The van der Waals surface area contributed by atoms with Gasteiger partial charge in [0.2, 0.25) is 5.85 Å². The Morgan fingerprint density at radius 2 is 1.65 bits per heavy atom. The van der Waals surface area contributed by atoms with Crippen molar-refractivity contribution in [2.75, 3.05) is 25.0 Å². The molecule has 2 aromatic carbocycles. The molecule has 2 atom stereocenters. The number of halogens is 5. The predicted octanol–water partition coefficient (Wildman–Crippen LogP) is 7.29. The molecule has 6 rings (SSSR count). The molecule has 3 heterocycles. The van der Waals surface area contributed by atoms with Gasteiger partial charge in [0.25, 0.3) is 5.91 Å². The second-order valence-corrected chi connectivity index (χ2v) is 14.1. The highest BCUT2D eigenvalue weighted by molar-refractivity contribution is 6.36. The molecule has 0 spiro atoms. The minimum absolute atomic E-state index is 0.00448. The van der Waals surface area contributed by atoms with Gasteiger partial charge in [0, 0.05) is 55.2 Å². The number of para-hydroxylation sites is 1. The maximum Gasteiger partial charge on any atom is 0.404 e. The third-order valence-corrected chi connectivity index (χ3v) is 10.8. The van der Waals surface area contributed by atoms with Crippen molar-refractivity contribution in [2.24, 2.45) is 13.0 Å². The number of rotatable bonds is 10. The minimum Gasteiger partial charge on any atom is -0.481 e. The Morgan fingerprint density at radius 1 is 0.959 bits per heavy atom. The summed E-state index contributed by atoms with van der Waals surface area (Å²) in [6, 6.07) is 8.45. The molecule has 0 radical (unpaired) electrons. The molecule has 0 bridgehead atoms. The number of hydrogen-bond donors (Lipinski definition) is 2. The maximum atomic E-state index is 14.7. The number of nitrogens with one attached hydrogen (secondary N) is 1. The van der Waals surface area contributed by atoms with Crippen molar-refractivity contribution >= 4 is 57.5 Å². The van der Waals surface area contributed by atoms with E-state index in [1.54, 1.807) is 11.1 Å². The van der Waals surface area contributed by atoms with Gasteiger partial charge < -0.3 is 19.7 Å². The summed E-state index contributed by atoms with van der Waals surface area (Å²) in [5.74, 6) is -4.53. The van der Waals surface area contributed by atoms with Crippen LogP contribution in [0.5, 0.6) is 0 Å². The van der Waals surface area contributed by atoms with E-state index in [0.29, 0.717) is 57.2 Å². The molecule has 1 amide bonds. The highest BCUT2D eigenvalue weighted by Crippen LogP contribution is 2.44. The molecule has 1 unspecified atom stereocenters. The first-order chi connectivity index (χ1) is 23.3. The number of aromatic nitrogens is 1. The summed E-state index contributed by atoms with van der Waals surface area (Å²) in [5.41, 5.74) is 1.80. The number of benzene rings is 2. The lowest BCUT2D eigenvalue weighted by Crippen LogP contribution is -2.70. The third kappa shape index (κ3) is 7.08. The molecule has 264 valence electrons. The van der Waals surface area contributed by atoms with E-state index in [9.17, 15) is 32.7 Å².